The molecule has 0 bridgehead atoms. The monoisotopic (exact) mass is 231 g/mol. The Morgan fingerprint density at radius 3 is 2.35 bits per heavy atom. The van der Waals surface area contributed by atoms with E-state index in [4.69, 9.17) is 0 Å². The van der Waals surface area contributed by atoms with Crippen molar-refractivity contribution >= 4 is 0 Å². The van der Waals surface area contributed by atoms with Gasteiger partial charge in [-0.15, -0.1) is 0 Å². The second kappa shape index (κ2) is 6.20. The van der Waals surface area contributed by atoms with Gasteiger partial charge in [-0.3, -0.25) is 0 Å². The molecule has 1 nitrogen and oxygen atoms in total. The average molecular weight is 231 g/mol. The first-order valence-corrected chi connectivity index (χ1v) is 7.09. The molecule has 1 saturated carbocycles. The van der Waals surface area contributed by atoms with Crippen LogP contribution in [-0.2, 0) is 0 Å². The topological polar surface area (TPSA) is 12.0 Å². The minimum atomic E-state index is 0.564. The van der Waals surface area contributed by atoms with Gasteiger partial charge in [-0.1, -0.05) is 57.0 Å². The van der Waals surface area contributed by atoms with Crippen LogP contribution in [0.5, 0.6) is 0 Å². The summed E-state index contributed by atoms with van der Waals surface area (Å²) in [5.74, 6) is 1.76. The van der Waals surface area contributed by atoms with E-state index in [1.165, 1.54) is 31.2 Å². The molecule has 0 heterocycles. The molecule has 0 spiro atoms. The standard InChI is InChI=1S/C16H25N/c1-3-17-16(14-7-5-4-6-8-14)15-11-9-13(2)10-12-15/h4-8,13,15-17H,3,9-12H2,1-2H3. The Balaban J connectivity index is 2.07. The maximum Gasteiger partial charge on any atom is 0.0348 e. The lowest BCUT2D eigenvalue weighted by Gasteiger charge is -2.33. The van der Waals surface area contributed by atoms with Gasteiger partial charge in [0.2, 0.25) is 0 Å². The fraction of sp³-hybridized carbons (Fsp3) is 0.625. The Morgan fingerprint density at radius 1 is 1.12 bits per heavy atom. The molecular weight excluding hydrogens is 206 g/mol. The summed E-state index contributed by atoms with van der Waals surface area (Å²) in [6.07, 6.45) is 5.57. The van der Waals surface area contributed by atoms with E-state index in [1.54, 1.807) is 0 Å². The molecule has 0 radical (unpaired) electrons. The first kappa shape index (κ1) is 12.6. The van der Waals surface area contributed by atoms with E-state index < -0.39 is 0 Å². The molecule has 0 aromatic heterocycles. The average Bonchev–Trinajstić information content (AvgIpc) is 2.38. The van der Waals surface area contributed by atoms with Crippen LogP contribution in [0.15, 0.2) is 30.3 Å². The molecule has 2 rings (SSSR count). The highest BCUT2D eigenvalue weighted by molar-refractivity contribution is 5.19. The van der Waals surface area contributed by atoms with Crippen LogP contribution in [0.3, 0.4) is 0 Å². The Labute approximate surface area is 106 Å². The third-order valence-electron chi connectivity index (χ3n) is 4.11. The molecule has 1 aromatic rings. The fourth-order valence-electron chi connectivity index (χ4n) is 3.06. The van der Waals surface area contributed by atoms with Crippen molar-refractivity contribution in [2.75, 3.05) is 6.54 Å². The van der Waals surface area contributed by atoms with Crippen LogP contribution < -0.4 is 5.32 Å². The van der Waals surface area contributed by atoms with Crippen LogP contribution in [-0.4, -0.2) is 6.54 Å². The highest BCUT2D eigenvalue weighted by atomic mass is 14.9. The molecule has 1 atom stereocenters. The second-order valence-electron chi connectivity index (χ2n) is 5.47. The summed E-state index contributed by atoms with van der Waals surface area (Å²) in [5.41, 5.74) is 1.47. The van der Waals surface area contributed by atoms with Crippen molar-refractivity contribution in [1.29, 1.82) is 0 Å². The zero-order chi connectivity index (χ0) is 12.1. The van der Waals surface area contributed by atoms with Gasteiger partial charge >= 0.3 is 0 Å². The van der Waals surface area contributed by atoms with Gasteiger partial charge in [-0.05, 0) is 36.8 Å². The highest BCUT2D eigenvalue weighted by Gasteiger charge is 2.26. The molecule has 1 unspecified atom stereocenters. The lowest BCUT2D eigenvalue weighted by atomic mass is 9.77. The zero-order valence-electron chi connectivity index (χ0n) is 11.2. The number of benzene rings is 1. The van der Waals surface area contributed by atoms with Crippen LogP contribution in [0.2, 0.25) is 0 Å². The maximum absolute atomic E-state index is 3.68. The van der Waals surface area contributed by atoms with Crippen molar-refractivity contribution in [3.05, 3.63) is 35.9 Å². The number of hydrogen-bond donors (Lipinski definition) is 1. The molecule has 17 heavy (non-hydrogen) atoms. The van der Waals surface area contributed by atoms with Crippen LogP contribution in [0.25, 0.3) is 0 Å². The molecule has 1 aliphatic carbocycles. The number of rotatable bonds is 4. The smallest absolute Gasteiger partial charge is 0.0348 e. The minimum absolute atomic E-state index is 0.564. The Bertz CT molecular complexity index is 312. The summed E-state index contributed by atoms with van der Waals surface area (Å²) in [4.78, 5) is 0. The number of hydrogen-bond acceptors (Lipinski definition) is 1. The summed E-state index contributed by atoms with van der Waals surface area (Å²) in [6, 6.07) is 11.5. The van der Waals surface area contributed by atoms with E-state index in [9.17, 15) is 0 Å². The predicted molar refractivity (Wildman–Crippen MR) is 74.0 cm³/mol. The summed E-state index contributed by atoms with van der Waals surface area (Å²) in [5, 5.41) is 3.68. The summed E-state index contributed by atoms with van der Waals surface area (Å²) in [6.45, 7) is 5.66. The van der Waals surface area contributed by atoms with Crippen molar-refractivity contribution < 1.29 is 0 Å². The first-order valence-electron chi connectivity index (χ1n) is 7.09. The van der Waals surface area contributed by atoms with Crippen molar-refractivity contribution in [1.82, 2.24) is 5.32 Å². The summed E-state index contributed by atoms with van der Waals surface area (Å²) < 4.78 is 0. The SMILES string of the molecule is CCNC(c1ccccc1)C1CCC(C)CC1. The quantitative estimate of drug-likeness (QED) is 0.820. The van der Waals surface area contributed by atoms with Crippen LogP contribution in [0.4, 0.5) is 0 Å². The fourth-order valence-corrected chi connectivity index (χ4v) is 3.06. The van der Waals surface area contributed by atoms with Crippen LogP contribution >= 0.6 is 0 Å². The van der Waals surface area contributed by atoms with E-state index >= 15 is 0 Å². The van der Waals surface area contributed by atoms with E-state index in [2.05, 4.69) is 49.5 Å². The van der Waals surface area contributed by atoms with Crippen molar-refractivity contribution in [2.45, 2.75) is 45.6 Å². The van der Waals surface area contributed by atoms with Gasteiger partial charge in [-0.2, -0.15) is 0 Å². The lowest BCUT2D eigenvalue weighted by Crippen LogP contribution is -2.30. The van der Waals surface area contributed by atoms with Crippen molar-refractivity contribution in [3.63, 3.8) is 0 Å². The molecule has 0 amide bonds. The summed E-state index contributed by atoms with van der Waals surface area (Å²) >= 11 is 0. The Morgan fingerprint density at radius 2 is 1.76 bits per heavy atom. The molecule has 0 saturated heterocycles. The molecule has 1 fully saturated rings. The largest absolute Gasteiger partial charge is 0.310 e. The van der Waals surface area contributed by atoms with Crippen LogP contribution in [0, 0.1) is 11.8 Å². The summed E-state index contributed by atoms with van der Waals surface area (Å²) in [7, 11) is 0. The molecule has 1 heteroatoms. The normalized spacial score (nSPS) is 26.7. The molecule has 1 aromatic carbocycles. The lowest BCUT2D eigenvalue weighted by molar-refractivity contribution is 0.233. The van der Waals surface area contributed by atoms with E-state index in [-0.39, 0.29) is 0 Å². The van der Waals surface area contributed by atoms with Gasteiger partial charge in [0.05, 0.1) is 0 Å². The molecule has 0 aliphatic heterocycles. The van der Waals surface area contributed by atoms with Gasteiger partial charge in [0.25, 0.3) is 0 Å². The third-order valence-corrected chi connectivity index (χ3v) is 4.11. The molecule has 1 N–H and O–H groups in total. The molecule has 1 aliphatic rings. The second-order valence-corrected chi connectivity index (χ2v) is 5.47. The first-order chi connectivity index (χ1) is 8.31. The van der Waals surface area contributed by atoms with Crippen molar-refractivity contribution in [3.8, 4) is 0 Å². The number of nitrogens with one attached hydrogen (secondary N) is 1. The van der Waals surface area contributed by atoms with Gasteiger partial charge in [-0.25, -0.2) is 0 Å². The van der Waals surface area contributed by atoms with Crippen LogP contribution in [0.1, 0.15) is 51.1 Å². The third kappa shape index (κ3) is 3.32. The van der Waals surface area contributed by atoms with Gasteiger partial charge < -0.3 is 5.32 Å². The highest BCUT2D eigenvalue weighted by Crippen LogP contribution is 2.36. The molecular formula is C16H25N. The zero-order valence-corrected chi connectivity index (χ0v) is 11.2. The van der Waals surface area contributed by atoms with E-state index in [0.29, 0.717) is 6.04 Å². The predicted octanol–water partition coefficient (Wildman–Crippen LogP) is 4.16. The van der Waals surface area contributed by atoms with E-state index in [0.717, 1.165) is 18.4 Å². The minimum Gasteiger partial charge on any atom is -0.310 e. The van der Waals surface area contributed by atoms with Crippen molar-refractivity contribution in [2.24, 2.45) is 11.8 Å². The Hall–Kier alpha value is -0.820. The van der Waals surface area contributed by atoms with Gasteiger partial charge in [0, 0.05) is 6.04 Å². The Kier molecular flexibility index (Phi) is 4.61. The van der Waals surface area contributed by atoms with Gasteiger partial charge in [0.15, 0.2) is 0 Å². The van der Waals surface area contributed by atoms with E-state index in [1.807, 2.05) is 0 Å². The molecule has 94 valence electrons. The maximum atomic E-state index is 3.68. The van der Waals surface area contributed by atoms with Gasteiger partial charge in [0.1, 0.15) is 0 Å².